The van der Waals surface area contributed by atoms with Gasteiger partial charge in [0.1, 0.15) is 5.75 Å². The van der Waals surface area contributed by atoms with Crippen molar-refractivity contribution in [1.29, 1.82) is 0 Å². The lowest BCUT2D eigenvalue weighted by atomic mass is 10.1. The molecule has 2 rings (SSSR count). The van der Waals surface area contributed by atoms with Crippen LogP contribution in [0, 0.1) is 0 Å². The van der Waals surface area contributed by atoms with Crippen molar-refractivity contribution in [2.45, 2.75) is 13.0 Å². The minimum atomic E-state index is -3.61. The minimum absolute atomic E-state index is 0.136. The van der Waals surface area contributed by atoms with Gasteiger partial charge in [-0.25, -0.2) is 8.42 Å². The Kier molecular flexibility index (Phi) is 6.97. The van der Waals surface area contributed by atoms with Crippen LogP contribution in [0.5, 0.6) is 17.2 Å². The molecule has 0 aliphatic rings. The quantitative estimate of drug-likeness (QED) is 0.703. The van der Waals surface area contributed by atoms with Crippen LogP contribution < -0.4 is 23.8 Å². The molecule has 0 aliphatic carbocycles. The Morgan fingerprint density at radius 1 is 1.00 bits per heavy atom. The van der Waals surface area contributed by atoms with E-state index in [-0.39, 0.29) is 17.3 Å². The van der Waals surface area contributed by atoms with Gasteiger partial charge in [-0.3, -0.25) is 9.10 Å². The van der Waals surface area contributed by atoms with Gasteiger partial charge in [-0.05, 0) is 19.1 Å². The summed E-state index contributed by atoms with van der Waals surface area (Å²) >= 11 is 0. The van der Waals surface area contributed by atoms with Crippen molar-refractivity contribution >= 4 is 21.6 Å². The van der Waals surface area contributed by atoms with Gasteiger partial charge >= 0.3 is 0 Å². The van der Waals surface area contributed by atoms with Crippen LogP contribution in [-0.2, 0) is 10.0 Å². The number of para-hydroxylation sites is 1. The molecule has 0 aliphatic heterocycles. The second-order valence-corrected chi connectivity index (χ2v) is 8.41. The van der Waals surface area contributed by atoms with Crippen molar-refractivity contribution in [3.8, 4) is 17.2 Å². The second kappa shape index (κ2) is 9.04. The third-order valence-corrected chi connectivity index (χ3v) is 5.73. The fraction of sp³-hybridized carbons (Fsp3) is 0.350. The van der Waals surface area contributed by atoms with Crippen LogP contribution in [0.15, 0.2) is 36.4 Å². The number of rotatable bonds is 8. The number of amides is 1. The largest absolute Gasteiger partial charge is 0.496 e. The van der Waals surface area contributed by atoms with Crippen LogP contribution in [0.4, 0.5) is 5.69 Å². The number of ether oxygens (including phenoxy) is 3. The Hall–Kier alpha value is -2.94. The normalized spacial score (nSPS) is 12.1. The topological polar surface area (TPSA) is 94.2 Å². The van der Waals surface area contributed by atoms with Gasteiger partial charge in [-0.15, -0.1) is 0 Å². The highest BCUT2D eigenvalue weighted by Crippen LogP contribution is 2.36. The van der Waals surface area contributed by atoms with Gasteiger partial charge in [0.15, 0.2) is 11.5 Å². The lowest BCUT2D eigenvalue weighted by Gasteiger charge is -2.23. The van der Waals surface area contributed by atoms with E-state index in [9.17, 15) is 13.2 Å². The first-order chi connectivity index (χ1) is 13.6. The minimum Gasteiger partial charge on any atom is -0.496 e. The van der Waals surface area contributed by atoms with Crippen molar-refractivity contribution < 1.29 is 27.4 Å². The number of benzene rings is 2. The van der Waals surface area contributed by atoms with Crippen molar-refractivity contribution in [3.63, 3.8) is 0 Å². The first-order valence-corrected chi connectivity index (χ1v) is 10.6. The molecule has 2 aromatic carbocycles. The highest BCUT2D eigenvalue weighted by Gasteiger charge is 2.25. The molecule has 0 spiro atoms. The van der Waals surface area contributed by atoms with Crippen molar-refractivity contribution in [1.82, 2.24) is 5.32 Å². The molecule has 0 bridgehead atoms. The summed E-state index contributed by atoms with van der Waals surface area (Å²) < 4.78 is 41.1. The Labute approximate surface area is 171 Å². The van der Waals surface area contributed by atoms with Gasteiger partial charge in [0.25, 0.3) is 5.91 Å². The zero-order chi connectivity index (χ0) is 21.8. The van der Waals surface area contributed by atoms with Crippen molar-refractivity contribution in [2.24, 2.45) is 0 Å². The number of hydrogen-bond acceptors (Lipinski definition) is 6. The lowest BCUT2D eigenvalue weighted by Crippen LogP contribution is -2.31. The Balaban J connectivity index is 2.49. The molecule has 1 atom stereocenters. The number of nitrogens with one attached hydrogen (secondary N) is 1. The molecule has 0 fully saturated rings. The van der Waals surface area contributed by atoms with E-state index in [0.717, 1.165) is 16.1 Å². The molecule has 1 N–H and O–H groups in total. The summed E-state index contributed by atoms with van der Waals surface area (Å²) in [4.78, 5) is 13.1. The summed E-state index contributed by atoms with van der Waals surface area (Å²) in [5.41, 5.74) is 1.11. The summed E-state index contributed by atoms with van der Waals surface area (Å²) in [5.74, 6) is 0.802. The Bertz CT molecular complexity index is 990. The van der Waals surface area contributed by atoms with E-state index >= 15 is 0 Å². The number of hydrogen-bond donors (Lipinski definition) is 1. The van der Waals surface area contributed by atoms with E-state index in [4.69, 9.17) is 14.2 Å². The maximum absolute atomic E-state index is 13.1. The van der Waals surface area contributed by atoms with Gasteiger partial charge in [0.2, 0.25) is 10.0 Å². The molecular formula is C20H26N2O6S. The van der Waals surface area contributed by atoms with Gasteiger partial charge in [-0.1, -0.05) is 18.2 Å². The van der Waals surface area contributed by atoms with E-state index in [2.05, 4.69) is 5.32 Å². The average molecular weight is 423 g/mol. The molecule has 0 saturated heterocycles. The van der Waals surface area contributed by atoms with Crippen LogP contribution >= 0.6 is 0 Å². The Morgan fingerprint density at radius 3 is 2.10 bits per heavy atom. The van der Waals surface area contributed by atoms with Gasteiger partial charge in [0, 0.05) is 18.7 Å². The third kappa shape index (κ3) is 4.92. The smallest absolute Gasteiger partial charge is 0.254 e. The van der Waals surface area contributed by atoms with Crippen LogP contribution in [0.25, 0.3) is 0 Å². The summed E-state index contributed by atoms with van der Waals surface area (Å²) in [6.07, 6.45) is 1.06. The number of nitrogens with zero attached hydrogens (tertiary/aromatic N) is 1. The fourth-order valence-corrected chi connectivity index (χ4v) is 3.37. The van der Waals surface area contributed by atoms with Crippen LogP contribution in [0.1, 0.15) is 28.9 Å². The number of methoxy groups -OCH3 is 3. The van der Waals surface area contributed by atoms with E-state index in [1.165, 1.54) is 33.4 Å². The molecule has 29 heavy (non-hydrogen) atoms. The van der Waals surface area contributed by atoms with Gasteiger partial charge in [0.05, 0.1) is 44.9 Å². The number of carbonyl (C=O) groups is 1. The number of anilines is 1. The van der Waals surface area contributed by atoms with Crippen LogP contribution in [-0.4, -0.2) is 49.0 Å². The third-order valence-electron chi connectivity index (χ3n) is 4.54. The molecule has 0 saturated carbocycles. The molecule has 8 nitrogen and oxygen atoms in total. The summed E-state index contributed by atoms with van der Waals surface area (Å²) in [7, 11) is 2.20. The predicted molar refractivity (Wildman–Crippen MR) is 112 cm³/mol. The molecular weight excluding hydrogens is 396 g/mol. The second-order valence-electron chi connectivity index (χ2n) is 6.39. The maximum atomic E-state index is 13.1. The molecule has 2 aromatic rings. The van der Waals surface area contributed by atoms with Crippen molar-refractivity contribution in [3.05, 3.63) is 47.5 Å². The zero-order valence-electron chi connectivity index (χ0n) is 17.3. The maximum Gasteiger partial charge on any atom is 0.254 e. The molecule has 1 unspecified atom stereocenters. The standard InChI is InChI=1S/C20H26N2O6S/c1-13(14-9-7-8-10-17(14)26-3)21-20(23)15-11-18(27-4)19(28-5)12-16(15)22(2)29(6,24)25/h7-13H,1-6H3,(H,21,23). The predicted octanol–water partition coefficient (Wildman–Crippen LogP) is 2.60. The van der Waals surface area contributed by atoms with Crippen LogP contribution in [0.3, 0.4) is 0 Å². The van der Waals surface area contributed by atoms with Gasteiger partial charge in [-0.2, -0.15) is 0 Å². The zero-order valence-corrected chi connectivity index (χ0v) is 18.2. The molecule has 0 aromatic heterocycles. The summed E-state index contributed by atoms with van der Waals surface area (Å²) in [6.45, 7) is 1.82. The molecule has 0 radical (unpaired) electrons. The van der Waals surface area contributed by atoms with Gasteiger partial charge < -0.3 is 19.5 Å². The molecule has 158 valence electrons. The first kappa shape index (κ1) is 22.4. The van der Waals surface area contributed by atoms with Crippen molar-refractivity contribution in [2.75, 3.05) is 38.9 Å². The number of sulfonamides is 1. The van der Waals surface area contributed by atoms with E-state index < -0.39 is 15.9 Å². The highest BCUT2D eigenvalue weighted by molar-refractivity contribution is 7.92. The molecule has 0 heterocycles. The summed E-state index contributed by atoms with van der Waals surface area (Å²) in [6, 6.07) is 9.87. The van der Waals surface area contributed by atoms with E-state index in [1.54, 1.807) is 13.2 Å². The van der Waals surface area contributed by atoms with E-state index in [1.807, 2.05) is 25.1 Å². The van der Waals surface area contributed by atoms with Crippen LogP contribution in [0.2, 0.25) is 0 Å². The number of carbonyl (C=O) groups excluding carboxylic acids is 1. The first-order valence-electron chi connectivity index (χ1n) is 8.77. The molecule has 9 heteroatoms. The average Bonchev–Trinajstić information content (AvgIpc) is 2.71. The monoisotopic (exact) mass is 422 g/mol. The SMILES string of the molecule is COc1cc(C(=O)NC(C)c2ccccc2OC)c(N(C)S(C)(=O)=O)cc1OC. The lowest BCUT2D eigenvalue weighted by molar-refractivity contribution is 0.0940. The summed E-state index contributed by atoms with van der Waals surface area (Å²) in [5, 5.41) is 2.89. The molecule has 1 amide bonds. The highest BCUT2D eigenvalue weighted by atomic mass is 32.2. The Morgan fingerprint density at radius 2 is 1.55 bits per heavy atom. The fourth-order valence-electron chi connectivity index (χ4n) is 2.87. The van der Waals surface area contributed by atoms with E-state index in [0.29, 0.717) is 17.2 Å².